The van der Waals surface area contributed by atoms with Crippen LogP contribution < -0.4 is 5.32 Å². The number of benzene rings is 1. The summed E-state index contributed by atoms with van der Waals surface area (Å²) in [6, 6.07) is 9.69. The molecule has 0 atom stereocenters. The highest BCUT2D eigenvalue weighted by molar-refractivity contribution is 5.87. The lowest BCUT2D eigenvalue weighted by Gasteiger charge is -2.25. The Labute approximate surface area is 108 Å². The summed E-state index contributed by atoms with van der Waals surface area (Å²) in [4.78, 5) is 12.2. The lowest BCUT2D eigenvalue weighted by Crippen LogP contribution is -2.43. The molecule has 0 aliphatic rings. The minimum atomic E-state index is -0.576. The summed E-state index contributed by atoms with van der Waals surface area (Å²) in [5.41, 5.74) is 0.404. The van der Waals surface area contributed by atoms with Crippen LogP contribution in [0.4, 0.5) is 0 Å². The van der Waals surface area contributed by atoms with Crippen molar-refractivity contribution < 1.29 is 14.3 Å². The van der Waals surface area contributed by atoms with Crippen LogP contribution in [0.1, 0.15) is 19.4 Å². The molecule has 0 saturated carbocycles. The van der Waals surface area contributed by atoms with Gasteiger partial charge in [0.2, 0.25) is 5.91 Å². The molecule has 0 unspecified atom stereocenters. The first-order valence-corrected chi connectivity index (χ1v) is 5.91. The van der Waals surface area contributed by atoms with Crippen LogP contribution in [-0.4, -0.2) is 33.0 Å². The number of carbonyl (C=O) groups is 1. The Bertz CT molecular complexity index is 372. The molecule has 1 rings (SSSR count). The van der Waals surface area contributed by atoms with Gasteiger partial charge in [-0.1, -0.05) is 30.3 Å². The highest BCUT2D eigenvalue weighted by Gasteiger charge is 2.29. The Hall–Kier alpha value is -1.39. The van der Waals surface area contributed by atoms with Gasteiger partial charge in [0, 0.05) is 14.2 Å². The van der Waals surface area contributed by atoms with Gasteiger partial charge < -0.3 is 14.8 Å². The average Bonchev–Trinajstić information content (AvgIpc) is 2.40. The quantitative estimate of drug-likeness (QED) is 0.783. The van der Waals surface area contributed by atoms with Gasteiger partial charge in [-0.05, 0) is 19.4 Å². The molecule has 0 saturated heterocycles. The van der Waals surface area contributed by atoms with Crippen LogP contribution in [0.5, 0.6) is 0 Å². The smallest absolute Gasteiger partial charge is 0.230 e. The SMILES string of the molecule is COC(CNC(=O)C(C)(C)c1ccccc1)OC. The van der Waals surface area contributed by atoms with E-state index in [1.54, 1.807) is 14.2 Å². The molecule has 100 valence electrons. The normalized spacial score (nSPS) is 11.6. The summed E-state index contributed by atoms with van der Waals surface area (Å²) in [7, 11) is 3.09. The van der Waals surface area contributed by atoms with Crippen molar-refractivity contribution in [2.45, 2.75) is 25.6 Å². The maximum Gasteiger partial charge on any atom is 0.230 e. The molecule has 0 radical (unpaired) electrons. The summed E-state index contributed by atoms with van der Waals surface area (Å²) in [5.74, 6) is -0.0483. The monoisotopic (exact) mass is 251 g/mol. The Morgan fingerprint density at radius 3 is 2.28 bits per heavy atom. The van der Waals surface area contributed by atoms with Crippen LogP contribution in [0.2, 0.25) is 0 Å². The highest BCUT2D eigenvalue weighted by atomic mass is 16.7. The van der Waals surface area contributed by atoms with Gasteiger partial charge in [-0.25, -0.2) is 0 Å². The first kappa shape index (κ1) is 14.7. The number of carbonyl (C=O) groups excluding carboxylic acids is 1. The van der Waals surface area contributed by atoms with Crippen molar-refractivity contribution in [1.82, 2.24) is 5.32 Å². The largest absolute Gasteiger partial charge is 0.354 e. The maximum absolute atomic E-state index is 12.2. The van der Waals surface area contributed by atoms with E-state index in [0.717, 1.165) is 5.56 Å². The molecular formula is C14H21NO3. The van der Waals surface area contributed by atoms with Crippen LogP contribution in [-0.2, 0) is 19.7 Å². The molecule has 1 aromatic carbocycles. The van der Waals surface area contributed by atoms with Crippen molar-refractivity contribution in [2.75, 3.05) is 20.8 Å². The Morgan fingerprint density at radius 2 is 1.78 bits per heavy atom. The highest BCUT2D eigenvalue weighted by Crippen LogP contribution is 2.22. The van der Waals surface area contributed by atoms with E-state index in [0.29, 0.717) is 6.54 Å². The summed E-state index contributed by atoms with van der Waals surface area (Å²) >= 11 is 0. The van der Waals surface area contributed by atoms with Gasteiger partial charge in [-0.15, -0.1) is 0 Å². The number of amides is 1. The van der Waals surface area contributed by atoms with Crippen molar-refractivity contribution >= 4 is 5.91 Å². The van der Waals surface area contributed by atoms with Crippen LogP contribution in [0, 0.1) is 0 Å². The minimum Gasteiger partial charge on any atom is -0.354 e. The van der Waals surface area contributed by atoms with E-state index in [1.807, 2.05) is 44.2 Å². The van der Waals surface area contributed by atoms with E-state index in [4.69, 9.17) is 9.47 Å². The predicted molar refractivity (Wildman–Crippen MR) is 70.3 cm³/mol. The predicted octanol–water partition coefficient (Wildman–Crippen LogP) is 1.70. The Balaban J connectivity index is 2.66. The molecule has 1 N–H and O–H groups in total. The third-order valence-electron chi connectivity index (χ3n) is 3.02. The molecule has 0 fully saturated rings. The van der Waals surface area contributed by atoms with Gasteiger partial charge in [0.05, 0.1) is 12.0 Å². The number of ether oxygens (including phenoxy) is 2. The van der Waals surface area contributed by atoms with Crippen LogP contribution in [0.3, 0.4) is 0 Å². The molecule has 0 aromatic heterocycles. The summed E-state index contributed by atoms with van der Waals surface area (Å²) < 4.78 is 10.1. The molecule has 1 aromatic rings. The average molecular weight is 251 g/mol. The van der Waals surface area contributed by atoms with Crippen molar-refractivity contribution in [2.24, 2.45) is 0 Å². The molecular weight excluding hydrogens is 230 g/mol. The molecule has 4 heteroatoms. The van der Waals surface area contributed by atoms with E-state index in [2.05, 4.69) is 5.32 Å². The second-order valence-corrected chi connectivity index (χ2v) is 4.60. The lowest BCUT2D eigenvalue weighted by molar-refractivity contribution is -0.131. The van der Waals surface area contributed by atoms with Gasteiger partial charge in [-0.2, -0.15) is 0 Å². The first-order chi connectivity index (χ1) is 8.52. The van der Waals surface area contributed by atoms with Crippen molar-refractivity contribution in [1.29, 1.82) is 0 Å². The molecule has 18 heavy (non-hydrogen) atoms. The van der Waals surface area contributed by atoms with Gasteiger partial charge in [0.1, 0.15) is 0 Å². The van der Waals surface area contributed by atoms with Crippen molar-refractivity contribution in [3.8, 4) is 0 Å². The number of hydrogen-bond donors (Lipinski definition) is 1. The van der Waals surface area contributed by atoms with Crippen molar-refractivity contribution in [3.05, 3.63) is 35.9 Å². The first-order valence-electron chi connectivity index (χ1n) is 5.91. The van der Waals surface area contributed by atoms with E-state index in [-0.39, 0.29) is 5.91 Å². The molecule has 0 heterocycles. The number of hydrogen-bond acceptors (Lipinski definition) is 3. The molecule has 0 aliphatic carbocycles. The van der Waals surface area contributed by atoms with Crippen LogP contribution in [0.25, 0.3) is 0 Å². The topological polar surface area (TPSA) is 47.6 Å². The molecule has 0 aliphatic heterocycles. The zero-order chi connectivity index (χ0) is 13.6. The third-order valence-corrected chi connectivity index (χ3v) is 3.02. The third kappa shape index (κ3) is 3.55. The standard InChI is InChI=1S/C14H21NO3/c1-14(2,11-8-6-5-7-9-11)13(16)15-10-12(17-3)18-4/h5-9,12H,10H2,1-4H3,(H,15,16). The minimum absolute atomic E-state index is 0.0483. The molecule has 0 bridgehead atoms. The summed E-state index contributed by atoms with van der Waals surface area (Å²) in [6.45, 7) is 4.13. The van der Waals surface area contributed by atoms with Gasteiger partial charge in [0.15, 0.2) is 6.29 Å². The van der Waals surface area contributed by atoms with Gasteiger partial charge in [-0.3, -0.25) is 4.79 Å². The summed E-state index contributed by atoms with van der Waals surface area (Å²) in [6.07, 6.45) is -0.416. The van der Waals surface area contributed by atoms with Crippen LogP contribution in [0.15, 0.2) is 30.3 Å². The van der Waals surface area contributed by atoms with E-state index < -0.39 is 11.7 Å². The van der Waals surface area contributed by atoms with E-state index >= 15 is 0 Å². The Kier molecular flexibility index (Phi) is 5.31. The van der Waals surface area contributed by atoms with E-state index in [9.17, 15) is 4.79 Å². The van der Waals surface area contributed by atoms with Gasteiger partial charge >= 0.3 is 0 Å². The fourth-order valence-corrected chi connectivity index (χ4v) is 1.65. The molecule has 4 nitrogen and oxygen atoms in total. The molecule has 1 amide bonds. The number of methoxy groups -OCH3 is 2. The lowest BCUT2D eigenvalue weighted by atomic mass is 9.84. The van der Waals surface area contributed by atoms with Crippen molar-refractivity contribution in [3.63, 3.8) is 0 Å². The van der Waals surface area contributed by atoms with Gasteiger partial charge in [0.25, 0.3) is 0 Å². The maximum atomic E-state index is 12.2. The fraction of sp³-hybridized carbons (Fsp3) is 0.500. The van der Waals surface area contributed by atoms with Crippen LogP contribution >= 0.6 is 0 Å². The number of rotatable bonds is 6. The molecule has 0 spiro atoms. The second kappa shape index (κ2) is 6.52. The summed E-state index contributed by atoms with van der Waals surface area (Å²) in [5, 5.41) is 2.83. The fourth-order valence-electron chi connectivity index (χ4n) is 1.65. The second-order valence-electron chi connectivity index (χ2n) is 4.60. The Morgan fingerprint density at radius 1 is 1.22 bits per heavy atom. The zero-order valence-electron chi connectivity index (χ0n) is 11.4. The zero-order valence-corrected chi connectivity index (χ0v) is 11.4. The number of nitrogens with one attached hydrogen (secondary N) is 1. The van der Waals surface area contributed by atoms with E-state index in [1.165, 1.54) is 0 Å².